The zero-order valence-electron chi connectivity index (χ0n) is 8.55. The van der Waals surface area contributed by atoms with Crippen LogP contribution in [0.1, 0.15) is 5.56 Å². The van der Waals surface area contributed by atoms with E-state index < -0.39 is 0 Å². The number of anilines is 1. The Bertz CT molecular complexity index is 436. The largest absolute Gasteiger partial charge is 0.470 e. The number of aryl methyl sites for hydroxylation is 1. The Labute approximate surface area is 88.3 Å². The van der Waals surface area contributed by atoms with E-state index in [-0.39, 0.29) is 0 Å². The smallest absolute Gasteiger partial charge is 0.256 e. The lowest BCUT2D eigenvalue weighted by molar-refractivity contribution is 0.292. The number of rotatable bonds is 3. The van der Waals surface area contributed by atoms with Gasteiger partial charge in [0.05, 0.1) is 6.20 Å². The van der Waals surface area contributed by atoms with Gasteiger partial charge in [0.15, 0.2) is 0 Å². The topological polar surface area (TPSA) is 53.1 Å². The van der Waals surface area contributed by atoms with Crippen molar-refractivity contribution < 1.29 is 4.74 Å². The molecule has 4 nitrogen and oxygen atoms in total. The van der Waals surface area contributed by atoms with Crippen molar-refractivity contribution in [3.63, 3.8) is 0 Å². The van der Waals surface area contributed by atoms with Crippen molar-refractivity contribution >= 4 is 5.69 Å². The molecule has 2 aromatic rings. The van der Waals surface area contributed by atoms with E-state index in [4.69, 9.17) is 10.5 Å². The number of nitrogen functional groups attached to an aromatic ring is 1. The normalized spacial score (nSPS) is 10.2. The number of nitrogens with two attached hydrogens (primary N) is 1. The van der Waals surface area contributed by atoms with Gasteiger partial charge >= 0.3 is 0 Å². The molecule has 0 saturated carbocycles. The van der Waals surface area contributed by atoms with Gasteiger partial charge in [-0.3, -0.25) is 4.68 Å². The number of hydrogen-bond acceptors (Lipinski definition) is 3. The average Bonchev–Trinajstić information content (AvgIpc) is 2.56. The van der Waals surface area contributed by atoms with Crippen LogP contribution >= 0.6 is 0 Å². The second kappa shape index (κ2) is 4.04. The Morgan fingerprint density at radius 3 is 2.67 bits per heavy atom. The number of benzene rings is 1. The molecule has 0 aliphatic rings. The minimum Gasteiger partial charge on any atom is -0.470 e. The summed E-state index contributed by atoms with van der Waals surface area (Å²) in [5.74, 6) is 0.487. The van der Waals surface area contributed by atoms with E-state index in [0.717, 1.165) is 5.56 Å². The van der Waals surface area contributed by atoms with E-state index in [1.54, 1.807) is 10.9 Å². The molecule has 15 heavy (non-hydrogen) atoms. The summed E-state index contributed by atoms with van der Waals surface area (Å²) in [5, 5.41) is 4.09. The Hall–Kier alpha value is -1.97. The van der Waals surface area contributed by atoms with Gasteiger partial charge in [-0.05, 0) is 5.56 Å². The number of aromatic nitrogens is 2. The molecule has 0 amide bonds. The molecule has 0 bridgehead atoms. The first-order chi connectivity index (χ1) is 7.25. The van der Waals surface area contributed by atoms with Crippen molar-refractivity contribution in [2.24, 2.45) is 7.05 Å². The Kier molecular flexibility index (Phi) is 2.58. The summed E-state index contributed by atoms with van der Waals surface area (Å²) in [6, 6.07) is 9.91. The van der Waals surface area contributed by atoms with Crippen molar-refractivity contribution in [1.82, 2.24) is 9.78 Å². The summed E-state index contributed by atoms with van der Waals surface area (Å²) in [5.41, 5.74) is 7.36. The first-order valence-corrected chi connectivity index (χ1v) is 4.71. The molecule has 1 heterocycles. The molecular weight excluding hydrogens is 190 g/mol. The maximum atomic E-state index is 5.70. The fraction of sp³-hybridized carbons (Fsp3) is 0.182. The molecule has 78 valence electrons. The van der Waals surface area contributed by atoms with E-state index in [1.807, 2.05) is 37.4 Å². The maximum Gasteiger partial charge on any atom is 0.256 e. The first kappa shape index (κ1) is 9.58. The molecule has 1 aromatic carbocycles. The molecular formula is C11H13N3O. The summed E-state index contributed by atoms with van der Waals surface area (Å²) in [6.07, 6.45) is 1.72. The van der Waals surface area contributed by atoms with Gasteiger partial charge in [-0.1, -0.05) is 30.3 Å². The summed E-state index contributed by atoms with van der Waals surface area (Å²) in [4.78, 5) is 0. The van der Waals surface area contributed by atoms with Crippen molar-refractivity contribution in [2.45, 2.75) is 6.61 Å². The van der Waals surface area contributed by atoms with Crippen LogP contribution in [0.5, 0.6) is 5.88 Å². The minimum absolute atomic E-state index is 0.487. The SMILES string of the molecule is Cn1cc(N)c(OCc2ccccc2)n1. The van der Waals surface area contributed by atoms with Crippen LogP contribution in [0.2, 0.25) is 0 Å². The highest BCUT2D eigenvalue weighted by Crippen LogP contribution is 2.18. The van der Waals surface area contributed by atoms with Crippen molar-refractivity contribution in [3.8, 4) is 5.88 Å². The molecule has 0 atom stereocenters. The summed E-state index contributed by atoms with van der Waals surface area (Å²) < 4.78 is 7.12. The van der Waals surface area contributed by atoms with Gasteiger partial charge in [-0.25, -0.2) is 0 Å². The third kappa shape index (κ3) is 2.28. The lowest BCUT2D eigenvalue weighted by Gasteiger charge is -2.03. The molecule has 2 rings (SSSR count). The van der Waals surface area contributed by atoms with Gasteiger partial charge in [0, 0.05) is 7.05 Å². The minimum atomic E-state index is 0.487. The van der Waals surface area contributed by atoms with Crippen molar-refractivity contribution in [1.29, 1.82) is 0 Å². The molecule has 0 fully saturated rings. The van der Waals surface area contributed by atoms with Gasteiger partial charge in [-0.15, -0.1) is 5.10 Å². The lowest BCUT2D eigenvalue weighted by Crippen LogP contribution is -1.98. The Morgan fingerprint density at radius 1 is 1.33 bits per heavy atom. The van der Waals surface area contributed by atoms with Gasteiger partial charge in [0.2, 0.25) is 0 Å². The predicted octanol–water partition coefficient (Wildman–Crippen LogP) is 1.58. The fourth-order valence-corrected chi connectivity index (χ4v) is 1.32. The van der Waals surface area contributed by atoms with E-state index >= 15 is 0 Å². The molecule has 0 spiro atoms. The highest BCUT2D eigenvalue weighted by atomic mass is 16.5. The standard InChI is InChI=1S/C11H13N3O/c1-14-7-10(12)11(13-14)15-8-9-5-3-2-4-6-9/h2-7H,8,12H2,1H3. The highest BCUT2D eigenvalue weighted by Gasteiger charge is 2.04. The van der Waals surface area contributed by atoms with Crippen molar-refractivity contribution in [2.75, 3.05) is 5.73 Å². The van der Waals surface area contributed by atoms with Crippen LogP contribution in [0, 0.1) is 0 Å². The molecule has 0 aliphatic carbocycles. The summed E-state index contributed by atoms with van der Waals surface area (Å²) in [6.45, 7) is 0.488. The zero-order chi connectivity index (χ0) is 10.7. The van der Waals surface area contributed by atoms with E-state index in [9.17, 15) is 0 Å². The van der Waals surface area contributed by atoms with Crippen LogP contribution in [-0.4, -0.2) is 9.78 Å². The molecule has 2 N–H and O–H groups in total. The van der Waals surface area contributed by atoms with E-state index in [1.165, 1.54) is 0 Å². The highest BCUT2D eigenvalue weighted by molar-refractivity contribution is 5.45. The quantitative estimate of drug-likeness (QED) is 0.824. The van der Waals surface area contributed by atoms with Crippen LogP contribution in [0.25, 0.3) is 0 Å². The monoisotopic (exact) mass is 203 g/mol. The number of ether oxygens (including phenoxy) is 1. The summed E-state index contributed by atoms with van der Waals surface area (Å²) in [7, 11) is 1.81. The van der Waals surface area contributed by atoms with E-state index in [0.29, 0.717) is 18.2 Å². The molecule has 0 radical (unpaired) electrons. The summed E-state index contributed by atoms with van der Waals surface area (Å²) >= 11 is 0. The molecule has 0 aliphatic heterocycles. The van der Waals surface area contributed by atoms with Gasteiger partial charge in [0.1, 0.15) is 12.3 Å². The lowest BCUT2D eigenvalue weighted by atomic mass is 10.2. The predicted molar refractivity (Wildman–Crippen MR) is 58.4 cm³/mol. The van der Waals surface area contributed by atoms with Crippen LogP contribution in [0.4, 0.5) is 5.69 Å². The third-order valence-electron chi connectivity index (χ3n) is 2.04. The van der Waals surface area contributed by atoms with Crippen molar-refractivity contribution in [3.05, 3.63) is 42.1 Å². The maximum absolute atomic E-state index is 5.70. The van der Waals surface area contributed by atoms with E-state index in [2.05, 4.69) is 5.10 Å². The Morgan fingerprint density at radius 2 is 2.07 bits per heavy atom. The molecule has 1 aromatic heterocycles. The number of hydrogen-bond donors (Lipinski definition) is 1. The average molecular weight is 203 g/mol. The van der Waals surface area contributed by atoms with Crippen LogP contribution in [0.15, 0.2) is 36.5 Å². The van der Waals surface area contributed by atoms with Crippen LogP contribution < -0.4 is 10.5 Å². The molecule has 0 unspecified atom stereocenters. The second-order valence-corrected chi connectivity index (χ2v) is 3.34. The molecule has 4 heteroatoms. The second-order valence-electron chi connectivity index (χ2n) is 3.34. The fourth-order valence-electron chi connectivity index (χ4n) is 1.32. The van der Waals surface area contributed by atoms with Gasteiger partial charge in [-0.2, -0.15) is 0 Å². The zero-order valence-corrected chi connectivity index (χ0v) is 8.55. The van der Waals surface area contributed by atoms with Crippen LogP contribution in [0.3, 0.4) is 0 Å². The third-order valence-corrected chi connectivity index (χ3v) is 2.04. The first-order valence-electron chi connectivity index (χ1n) is 4.71. The Balaban J connectivity index is 2.02. The number of nitrogens with zero attached hydrogens (tertiary/aromatic N) is 2. The molecule has 0 saturated heterocycles. The van der Waals surface area contributed by atoms with Crippen LogP contribution in [-0.2, 0) is 13.7 Å². The van der Waals surface area contributed by atoms with Gasteiger partial charge in [0.25, 0.3) is 5.88 Å². The van der Waals surface area contributed by atoms with Gasteiger partial charge < -0.3 is 10.5 Å².